The van der Waals surface area contributed by atoms with Gasteiger partial charge in [0.15, 0.2) is 0 Å². The molecule has 0 amide bonds. The van der Waals surface area contributed by atoms with E-state index >= 15 is 0 Å². The summed E-state index contributed by atoms with van der Waals surface area (Å²) < 4.78 is 35.3. The standard InChI is InChI=1S/C10H11BF3/c12-11(13,14)9-5-4-8-10-6-2-1-3-7-10/h1-3,5-7,9H,4,8H2/q-1. The zero-order chi connectivity index (χ0) is 10.4. The first kappa shape index (κ1) is 10.9. The molecule has 0 saturated carbocycles. The lowest BCUT2D eigenvalue weighted by Crippen LogP contribution is -2.09. The van der Waals surface area contributed by atoms with Crippen LogP contribution in [-0.4, -0.2) is 6.98 Å². The molecule has 0 N–H and O–H groups in total. The molecule has 0 aliphatic heterocycles. The average Bonchev–Trinajstić information content (AvgIpc) is 2.13. The molecule has 0 bridgehead atoms. The molecule has 76 valence electrons. The second-order valence-corrected chi connectivity index (χ2v) is 3.08. The van der Waals surface area contributed by atoms with Crippen molar-refractivity contribution in [2.24, 2.45) is 0 Å². The van der Waals surface area contributed by atoms with E-state index in [9.17, 15) is 12.9 Å². The van der Waals surface area contributed by atoms with Crippen molar-refractivity contribution >= 4 is 6.98 Å². The van der Waals surface area contributed by atoms with Crippen LogP contribution in [0.1, 0.15) is 12.0 Å². The molecule has 0 aliphatic carbocycles. The molecule has 1 aromatic carbocycles. The van der Waals surface area contributed by atoms with E-state index in [4.69, 9.17) is 0 Å². The van der Waals surface area contributed by atoms with E-state index in [1.165, 1.54) is 6.08 Å². The SMILES string of the molecule is F[B-](F)(F)C=CCCc1ccccc1. The number of hydrogen-bond acceptors (Lipinski definition) is 0. The fourth-order valence-corrected chi connectivity index (χ4v) is 1.15. The largest absolute Gasteiger partial charge is 0.502 e. The summed E-state index contributed by atoms with van der Waals surface area (Å²) in [6.07, 6.45) is 2.28. The Morgan fingerprint density at radius 1 is 1.07 bits per heavy atom. The first-order chi connectivity index (χ1) is 6.58. The van der Waals surface area contributed by atoms with Gasteiger partial charge >= 0.3 is 6.98 Å². The minimum Gasteiger partial charge on any atom is -0.445 e. The van der Waals surface area contributed by atoms with Crippen LogP contribution in [0.2, 0.25) is 0 Å². The lowest BCUT2D eigenvalue weighted by molar-refractivity contribution is 0.498. The second kappa shape index (κ2) is 4.89. The normalized spacial score (nSPS) is 12.2. The Labute approximate surface area is 81.5 Å². The first-order valence-corrected chi connectivity index (χ1v) is 4.49. The Hall–Kier alpha value is -1.19. The number of allylic oxidation sites excluding steroid dienone is 1. The lowest BCUT2D eigenvalue weighted by Gasteiger charge is -2.05. The van der Waals surface area contributed by atoms with Crippen molar-refractivity contribution in [1.82, 2.24) is 0 Å². The zero-order valence-electron chi connectivity index (χ0n) is 7.67. The molecular formula is C10H11BF3-. The number of aryl methyl sites for hydroxylation is 1. The summed E-state index contributed by atoms with van der Waals surface area (Å²) in [5.41, 5.74) is 1.06. The highest BCUT2D eigenvalue weighted by atomic mass is 19.4. The van der Waals surface area contributed by atoms with Crippen LogP contribution in [0.25, 0.3) is 0 Å². The van der Waals surface area contributed by atoms with Crippen LogP contribution in [0.3, 0.4) is 0 Å². The number of hydrogen-bond donors (Lipinski definition) is 0. The Morgan fingerprint density at radius 2 is 1.71 bits per heavy atom. The summed E-state index contributed by atoms with van der Waals surface area (Å²) in [6.45, 7) is -4.77. The van der Waals surface area contributed by atoms with Gasteiger partial charge in [-0.3, -0.25) is 0 Å². The van der Waals surface area contributed by atoms with Gasteiger partial charge in [0.2, 0.25) is 0 Å². The van der Waals surface area contributed by atoms with Crippen LogP contribution in [-0.2, 0) is 6.42 Å². The molecule has 14 heavy (non-hydrogen) atoms. The van der Waals surface area contributed by atoms with Crippen molar-refractivity contribution in [2.75, 3.05) is 0 Å². The van der Waals surface area contributed by atoms with Crippen LogP contribution in [0, 0.1) is 0 Å². The number of benzene rings is 1. The van der Waals surface area contributed by atoms with Crippen molar-refractivity contribution in [3.63, 3.8) is 0 Å². The molecule has 0 heterocycles. The molecule has 0 atom stereocenters. The maximum Gasteiger partial charge on any atom is 0.502 e. The molecule has 0 aromatic heterocycles. The Balaban J connectivity index is 2.33. The monoisotopic (exact) mass is 199 g/mol. The number of rotatable bonds is 4. The Bertz CT molecular complexity index is 290. The third-order valence-electron chi connectivity index (χ3n) is 1.80. The molecule has 0 aliphatic rings. The summed E-state index contributed by atoms with van der Waals surface area (Å²) in [7, 11) is 0. The van der Waals surface area contributed by atoms with E-state index < -0.39 is 6.98 Å². The van der Waals surface area contributed by atoms with Crippen molar-refractivity contribution in [3.8, 4) is 0 Å². The fraction of sp³-hybridized carbons (Fsp3) is 0.200. The highest BCUT2D eigenvalue weighted by Crippen LogP contribution is 2.10. The maximum absolute atomic E-state index is 11.8. The highest BCUT2D eigenvalue weighted by molar-refractivity contribution is 6.64. The molecule has 0 unspecified atom stereocenters. The van der Waals surface area contributed by atoms with Gasteiger partial charge in [-0.2, -0.15) is 0 Å². The number of halogens is 3. The average molecular weight is 199 g/mol. The molecule has 1 rings (SSSR count). The minimum absolute atomic E-state index is 0.350. The maximum atomic E-state index is 11.8. The molecule has 4 heteroatoms. The van der Waals surface area contributed by atoms with Gasteiger partial charge in [-0.25, -0.2) is 0 Å². The van der Waals surface area contributed by atoms with Gasteiger partial charge in [-0.1, -0.05) is 30.3 Å². The predicted molar refractivity (Wildman–Crippen MR) is 53.0 cm³/mol. The zero-order valence-corrected chi connectivity index (χ0v) is 7.67. The summed E-state index contributed by atoms with van der Waals surface area (Å²) in [4.78, 5) is 0. The van der Waals surface area contributed by atoms with Crippen LogP contribution in [0.4, 0.5) is 12.9 Å². The van der Waals surface area contributed by atoms with Gasteiger partial charge in [0.05, 0.1) is 0 Å². The van der Waals surface area contributed by atoms with E-state index in [2.05, 4.69) is 0 Å². The van der Waals surface area contributed by atoms with Crippen LogP contribution in [0.15, 0.2) is 42.4 Å². The predicted octanol–water partition coefficient (Wildman–Crippen LogP) is 3.56. The third-order valence-corrected chi connectivity index (χ3v) is 1.80. The molecule has 0 nitrogen and oxygen atoms in total. The first-order valence-electron chi connectivity index (χ1n) is 4.49. The Kier molecular flexibility index (Phi) is 3.80. The molecule has 0 fully saturated rings. The Morgan fingerprint density at radius 3 is 2.29 bits per heavy atom. The van der Waals surface area contributed by atoms with Gasteiger partial charge < -0.3 is 12.9 Å². The molecule has 0 spiro atoms. The summed E-state index contributed by atoms with van der Waals surface area (Å²) in [5.74, 6) is 0.350. The van der Waals surface area contributed by atoms with E-state index in [-0.39, 0.29) is 0 Å². The minimum atomic E-state index is -4.77. The van der Waals surface area contributed by atoms with Crippen molar-refractivity contribution in [2.45, 2.75) is 12.8 Å². The highest BCUT2D eigenvalue weighted by Gasteiger charge is 2.16. The van der Waals surface area contributed by atoms with Crippen LogP contribution >= 0.6 is 0 Å². The molecule has 0 saturated heterocycles. The van der Waals surface area contributed by atoms with Crippen LogP contribution < -0.4 is 0 Å². The fourth-order valence-electron chi connectivity index (χ4n) is 1.15. The summed E-state index contributed by atoms with van der Waals surface area (Å²) in [5, 5.41) is 0. The second-order valence-electron chi connectivity index (χ2n) is 3.08. The third kappa shape index (κ3) is 4.75. The summed E-state index contributed by atoms with van der Waals surface area (Å²) >= 11 is 0. The van der Waals surface area contributed by atoms with E-state index in [1.807, 2.05) is 30.3 Å². The molecule has 0 radical (unpaired) electrons. The van der Waals surface area contributed by atoms with Gasteiger partial charge in [-0.05, 0) is 18.4 Å². The van der Waals surface area contributed by atoms with Crippen LogP contribution in [0.5, 0.6) is 0 Å². The van der Waals surface area contributed by atoms with Crippen molar-refractivity contribution < 1.29 is 12.9 Å². The van der Waals surface area contributed by atoms with Gasteiger partial charge in [0, 0.05) is 0 Å². The molecular weight excluding hydrogens is 188 g/mol. The van der Waals surface area contributed by atoms with E-state index in [0.717, 1.165) is 5.56 Å². The topological polar surface area (TPSA) is 0 Å². The smallest absolute Gasteiger partial charge is 0.445 e. The quantitative estimate of drug-likeness (QED) is 0.650. The molecule has 1 aromatic rings. The van der Waals surface area contributed by atoms with E-state index in [1.54, 1.807) is 0 Å². The van der Waals surface area contributed by atoms with Gasteiger partial charge in [0.1, 0.15) is 0 Å². The van der Waals surface area contributed by atoms with Gasteiger partial charge in [0.25, 0.3) is 0 Å². The van der Waals surface area contributed by atoms with Gasteiger partial charge in [-0.15, -0.1) is 12.1 Å². The lowest BCUT2D eigenvalue weighted by atomic mass is 9.91. The van der Waals surface area contributed by atoms with Crippen molar-refractivity contribution in [3.05, 3.63) is 47.9 Å². The van der Waals surface area contributed by atoms with E-state index in [0.29, 0.717) is 18.8 Å². The van der Waals surface area contributed by atoms with Crippen molar-refractivity contribution in [1.29, 1.82) is 0 Å². The summed E-state index contributed by atoms with van der Waals surface area (Å²) in [6, 6.07) is 9.47.